The van der Waals surface area contributed by atoms with Gasteiger partial charge in [0.25, 0.3) is 0 Å². The first kappa shape index (κ1) is 11.3. The van der Waals surface area contributed by atoms with E-state index >= 15 is 0 Å². The van der Waals surface area contributed by atoms with Crippen molar-refractivity contribution >= 4 is 11.5 Å². The minimum absolute atomic E-state index is 0.196. The van der Waals surface area contributed by atoms with E-state index in [0.29, 0.717) is 0 Å². The van der Waals surface area contributed by atoms with Crippen molar-refractivity contribution in [2.24, 2.45) is 0 Å². The molecule has 5 heteroatoms. The van der Waals surface area contributed by atoms with Gasteiger partial charge >= 0.3 is 12.1 Å². The number of carbonyl (C=O) groups is 1. The molecule has 2 nitrogen and oxygen atoms in total. The Morgan fingerprint density at radius 1 is 1.27 bits per heavy atom. The molecule has 0 amide bonds. The highest BCUT2D eigenvalue weighted by Gasteiger charge is 2.32. The number of alkyl halides is 3. The summed E-state index contributed by atoms with van der Waals surface area (Å²) in [4.78, 5) is 10.5. The Labute approximate surface area is 83.7 Å². The van der Waals surface area contributed by atoms with Crippen molar-refractivity contribution in [1.29, 1.82) is 0 Å². The summed E-state index contributed by atoms with van der Waals surface area (Å²) in [6.45, 7) is 2.88. The molecule has 1 rings (SSSR count). The van der Waals surface area contributed by atoms with E-state index in [1.165, 1.54) is 18.2 Å². The number of carboxylic acid groups (broad SMARTS) is 1. The van der Waals surface area contributed by atoms with Crippen LogP contribution in [0.5, 0.6) is 0 Å². The van der Waals surface area contributed by atoms with Gasteiger partial charge in [0.05, 0.1) is 11.1 Å². The summed E-state index contributed by atoms with van der Waals surface area (Å²) in [5.74, 6) is -1.27. The molecule has 0 saturated heterocycles. The predicted molar refractivity (Wildman–Crippen MR) is 48.5 cm³/mol. The van der Waals surface area contributed by atoms with Crippen molar-refractivity contribution < 1.29 is 23.1 Å². The lowest BCUT2D eigenvalue weighted by atomic mass is 10.0. The summed E-state index contributed by atoms with van der Waals surface area (Å²) in [6.07, 6.45) is -4.54. The summed E-state index contributed by atoms with van der Waals surface area (Å²) in [5, 5.41) is 8.58. The van der Waals surface area contributed by atoms with Crippen LogP contribution in [0, 0.1) is 0 Å². The third-order valence-corrected chi connectivity index (χ3v) is 1.80. The van der Waals surface area contributed by atoms with Gasteiger partial charge in [-0.3, -0.25) is 0 Å². The highest BCUT2D eigenvalue weighted by atomic mass is 19.4. The maximum atomic E-state index is 12.2. The Balaban J connectivity index is 3.12. The molecule has 0 aliphatic heterocycles. The zero-order valence-electron chi connectivity index (χ0n) is 7.51. The van der Waals surface area contributed by atoms with E-state index in [9.17, 15) is 18.0 Å². The molecule has 0 saturated carbocycles. The van der Waals surface area contributed by atoms with E-state index < -0.39 is 17.7 Å². The summed E-state index contributed by atoms with van der Waals surface area (Å²) in [7, 11) is 0. The van der Waals surface area contributed by atoms with Crippen LogP contribution in [0.1, 0.15) is 15.9 Å². The van der Waals surface area contributed by atoms with Gasteiger partial charge in [-0.2, -0.15) is 13.2 Å². The number of aromatic carboxylic acids is 1. The number of hydrogen-bond acceptors (Lipinski definition) is 1. The molecule has 0 radical (unpaired) electrons. The number of halogens is 3. The molecular weight excluding hydrogens is 209 g/mol. The molecule has 15 heavy (non-hydrogen) atoms. The summed E-state index contributed by atoms with van der Waals surface area (Å²) in [5.41, 5.74) is -1.48. The molecule has 1 N–H and O–H groups in total. The lowest BCUT2D eigenvalue weighted by Gasteiger charge is -2.10. The Bertz CT molecular complexity index is 407. The van der Waals surface area contributed by atoms with E-state index in [0.717, 1.165) is 6.07 Å². The average molecular weight is 216 g/mol. The number of hydrogen-bond donors (Lipinski definition) is 1. The van der Waals surface area contributed by atoms with Crippen molar-refractivity contribution in [2.45, 2.75) is 6.18 Å². The van der Waals surface area contributed by atoms with Crippen LogP contribution in [0.15, 0.2) is 30.8 Å². The molecular formula is C10H7F3O2. The Morgan fingerprint density at radius 2 is 1.80 bits per heavy atom. The topological polar surface area (TPSA) is 37.3 Å². The van der Waals surface area contributed by atoms with Gasteiger partial charge in [0, 0.05) is 0 Å². The van der Waals surface area contributed by atoms with Crippen molar-refractivity contribution in [3.8, 4) is 0 Å². The van der Waals surface area contributed by atoms with Crippen molar-refractivity contribution in [1.82, 2.24) is 0 Å². The smallest absolute Gasteiger partial charge is 0.416 e. The van der Waals surface area contributed by atoms with Crippen LogP contribution in [0.4, 0.5) is 13.2 Å². The molecule has 1 aromatic rings. The second kappa shape index (κ2) is 3.76. The van der Waals surface area contributed by atoms with Gasteiger partial charge < -0.3 is 5.11 Å². The molecule has 0 aromatic heterocycles. The summed E-state index contributed by atoms with van der Waals surface area (Å²) in [6, 6.07) is 4.58. The predicted octanol–water partition coefficient (Wildman–Crippen LogP) is 2.96. The highest BCUT2D eigenvalue weighted by molar-refractivity contribution is 5.89. The van der Waals surface area contributed by atoms with Crippen LogP contribution in [-0.2, 0) is 0 Å². The first-order valence-corrected chi connectivity index (χ1v) is 3.92. The first-order chi connectivity index (χ1) is 6.82. The van der Waals surface area contributed by atoms with Crippen molar-refractivity contribution in [3.05, 3.63) is 42.0 Å². The van der Waals surface area contributed by atoms with Gasteiger partial charge in [-0.1, -0.05) is 18.7 Å². The summed E-state index contributed by atoms with van der Waals surface area (Å²) < 4.78 is 36.7. The van der Waals surface area contributed by atoms with Gasteiger partial charge in [-0.25, -0.2) is 4.79 Å². The Morgan fingerprint density at radius 3 is 2.27 bits per heavy atom. The monoisotopic (exact) mass is 216 g/mol. The Kier molecular flexibility index (Phi) is 2.83. The second-order valence-corrected chi connectivity index (χ2v) is 2.86. The summed E-state index contributed by atoms with van der Waals surface area (Å²) >= 11 is 0. The quantitative estimate of drug-likeness (QED) is 0.825. The number of allylic oxidation sites excluding steroid dienone is 1. The van der Waals surface area contributed by atoms with Crippen LogP contribution < -0.4 is 0 Å². The fraction of sp³-hybridized carbons (Fsp3) is 0.100. The standard InChI is InChI=1S/C10H7F3O2/c1-6(10(11,12)13)7-3-2-4-8(5-7)9(14)15/h2-5H,1H2,(H,14,15). The lowest BCUT2D eigenvalue weighted by Crippen LogP contribution is -2.10. The molecule has 0 aliphatic rings. The SMILES string of the molecule is C=C(c1cccc(C(=O)O)c1)C(F)(F)F. The first-order valence-electron chi connectivity index (χ1n) is 3.92. The van der Waals surface area contributed by atoms with Gasteiger partial charge in [0.15, 0.2) is 0 Å². The lowest BCUT2D eigenvalue weighted by molar-refractivity contribution is -0.0686. The van der Waals surface area contributed by atoms with Crippen molar-refractivity contribution in [3.63, 3.8) is 0 Å². The average Bonchev–Trinajstić information content (AvgIpc) is 2.15. The van der Waals surface area contributed by atoms with Crippen molar-refractivity contribution in [2.75, 3.05) is 0 Å². The molecule has 0 spiro atoms. The number of rotatable bonds is 2. The fourth-order valence-corrected chi connectivity index (χ4v) is 1.00. The molecule has 80 valence electrons. The van der Waals surface area contributed by atoms with Gasteiger partial charge in [0.1, 0.15) is 0 Å². The molecule has 0 unspecified atom stereocenters. The normalized spacial score (nSPS) is 11.1. The van der Waals surface area contributed by atoms with E-state index in [1.807, 2.05) is 0 Å². The van der Waals surface area contributed by atoms with Crippen LogP contribution in [0.3, 0.4) is 0 Å². The maximum Gasteiger partial charge on any atom is 0.416 e. The largest absolute Gasteiger partial charge is 0.478 e. The third kappa shape index (κ3) is 2.59. The zero-order chi connectivity index (χ0) is 11.6. The number of carboxylic acids is 1. The maximum absolute atomic E-state index is 12.2. The zero-order valence-corrected chi connectivity index (χ0v) is 7.51. The fourth-order valence-electron chi connectivity index (χ4n) is 1.00. The minimum atomic E-state index is -4.54. The van der Waals surface area contributed by atoms with Crippen LogP contribution in [0.2, 0.25) is 0 Å². The number of benzene rings is 1. The van der Waals surface area contributed by atoms with E-state index in [1.54, 1.807) is 0 Å². The highest BCUT2D eigenvalue weighted by Crippen LogP contribution is 2.32. The van der Waals surface area contributed by atoms with Crippen LogP contribution >= 0.6 is 0 Å². The Hall–Kier alpha value is -1.78. The molecule has 0 heterocycles. The van der Waals surface area contributed by atoms with E-state index in [4.69, 9.17) is 5.11 Å². The van der Waals surface area contributed by atoms with Gasteiger partial charge in [-0.05, 0) is 17.7 Å². The molecule has 0 atom stereocenters. The van der Waals surface area contributed by atoms with E-state index in [-0.39, 0.29) is 11.1 Å². The molecule has 1 aromatic carbocycles. The molecule has 0 fully saturated rings. The third-order valence-electron chi connectivity index (χ3n) is 1.80. The van der Waals surface area contributed by atoms with Crippen LogP contribution in [0.25, 0.3) is 5.57 Å². The molecule has 0 bridgehead atoms. The van der Waals surface area contributed by atoms with E-state index in [2.05, 4.69) is 6.58 Å². The van der Waals surface area contributed by atoms with Crippen LogP contribution in [-0.4, -0.2) is 17.3 Å². The van der Waals surface area contributed by atoms with Gasteiger partial charge in [0.2, 0.25) is 0 Å². The molecule has 0 aliphatic carbocycles. The second-order valence-electron chi connectivity index (χ2n) is 2.86. The minimum Gasteiger partial charge on any atom is -0.478 e. The van der Waals surface area contributed by atoms with Gasteiger partial charge in [-0.15, -0.1) is 0 Å².